The zero-order chi connectivity index (χ0) is 23.0. The van der Waals surface area contributed by atoms with Crippen molar-refractivity contribution in [2.24, 2.45) is 5.92 Å². The summed E-state index contributed by atoms with van der Waals surface area (Å²) in [4.78, 5) is 0. The molecule has 0 heterocycles. The molecule has 1 N–H and O–H groups in total. The van der Waals surface area contributed by atoms with E-state index in [1.54, 1.807) is 6.07 Å². The summed E-state index contributed by atoms with van der Waals surface area (Å²) in [6, 6.07) is 23.1. The lowest BCUT2D eigenvalue weighted by Crippen LogP contribution is -2.12. The second-order valence-electron chi connectivity index (χ2n) is 9.69. The molecule has 1 saturated carbocycles. The van der Waals surface area contributed by atoms with Gasteiger partial charge in [-0.05, 0) is 97.2 Å². The normalized spacial score (nSPS) is 18.3. The zero-order valence-electron chi connectivity index (χ0n) is 20.2. The van der Waals surface area contributed by atoms with Gasteiger partial charge in [-0.1, -0.05) is 68.8 Å². The first-order chi connectivity index (χ1) is 16.2. The third kappa shape index (κ3) is 6.25. The summed E-state index contributed by atoms with van der Waals surface area (Å²) in [5, 5.41) is 3.42. The molecule has 1 nitrogen and oxygen atoms in total. The summed E-state index contributed by atoms with van der Waals surface area (Å²) >= 11 is 0. The molecule has 0 aliphatic heterocycles. The summed E-state index contributed by atoms with van der Waals surface area (Å²) in [5.74, 6) is 1.30. The first-order valence-electron chi connectivity index (χ1n) is 12.9. The van der Waals surface area contributed by atoms with Gasteiger partial charge in [-0.2, -0.15) is 0 Å². The highest BCUT2D eigenvalue weighted by atomic mass is 19.1. The minimum absolute atomic E-state index is 0.0883. The van der Waals surface area contributed by atoms with E-state index in [-0.39, 0.29) is 5.82 Å². The monoisotopic (exact) mass is 443 g/mol. The van der Waals surface area contributed by atoms with Gasteiger partial charge in [0.25, 0.3) is 0 Å². The smallest absolute Gasteiger partial charge is 0.131 e. The van der Waals surface area contributed by atoms with E-state index in [0.717, 1.165) is 37.3 Å². The molecule has 1 aliphatic rings. The summed E-state index contributed by atoms with van der Waals surface area (Å²) < 4.78 is 15.0. The van der Waals surface area contributed by atoms with Crippen LogP contribution in [-0.4, -0.2) is 6.54 Å². The summed E-state index contributed by atoms with van der Waals surface area (Å²) in [6.07, 6.45) is 9.37. The number of rotatable bonds is 9. The van der Waals surface area contributed by atoms with Crippen LogP contribution in [0.2, 0.25) is 0 Å². The van der Waals surface area contributed by atoms with Gasteiger partial charge >= 0.3 is 0 Å². The van der Waals surface area contributed by atoms with Crippen molar-refractivity contribution in [2.75, 3.05) is 11.9 Å². The quantitative estimate of drug-likeness (QED) is 0.348. The van der Waals surface area contributed by atoms with Crippen LogP contribution < -0.4 is 5.32 Å². The summed E-state index contributed by atoms with van der Waals surface area (Å²) in [5.41, 5.74) is 6.67. The predicted molar refractivity (Wildman–Crippen MR) is 139 cm³/mol. The Morgan fingerprint density at radius 1 is 0.788 bits per heavy atom. The number of benzene rings is 3. The molecule has 4 rings (SSSR count). The standard InChI is InChI=1S/C31H38FN/c1-3-21-33-29-18-11-25(12-19-29)6-5-24-9-15-27(16-10-24)30-20-17-28(22-31(30)32)26-13-7-23(4-2)8-14-26/h9-12,15-20,22-23,26,33H,3-8,13-14,21H2,1-2H3. The zero-order valence-corrected chi connectivity index (χ0v) is 20.2. The van der Waals surface area contributed by atoms with Gasteiger partial charge in [0, 0.05) is 17.8 Å². The maximum absolute atomic E-state index is 15.0. The molecule has 1 aliphatic carbocycles. The minimum atomic E-state index is -0.0883. The first kappa shape index (κ1) is 23.5. The van der Waals surface area contributed by atoms with Crippen LogP contribution in [0.25, 0.3) is 11.1 Å². The maximum Gasteiger partial charge on any atom is 0.131 e. The van der Waals surface area contributed by atoms with Crippen molar-refractivity contribution in [2.45, 2.75) is 71.1 Å². The lowest BCUT2D eigenvalue weighted by molar-refractivity contribution is 0.318. The molecule has 1 fully saturated rings. The Balaban J connectivity index is 1.35. The number of nitrogens with one attached hydrogen (secondary N) is 1. The van der Waals surface area contributed by atoms with Gasteiger partial charge < -0.3 is 5.32 Å². The Hall–Kier alpha value is -2.61. The fraction of sp³-hybridized carbons (Fsp3) is 0.419. The number of aryl methyl sites for hydroxylation is 2. The van der Waals surface area contributed by atoms with Crippen LogP contribution in [0.3, 0.4) is 0 Å². The Labute approximate surface area is 199 Å². The van der Waals surface area contributed by atoms with Gasteiger partial charge in [0.05, 0.1) is 0 Å². The van der Waals surface area contributed by atoms with E-state index in [9.17, 15) is 0 Å². The van der Waals surface area contributed by atoms with E-state index in [1.165, 1.54) is 54.5 Å². The van der Waals surface area contributed by atoms with Gasteiger partial charge in [0.2, 0.25) is 0 Å². The molecular formula is C31H38FN. The van der Waals surface area contributed by atoms with Crippen molar-refractivity contribution in [1.82, 2.24) is 0 Å². The molecule has 2 heteroatoms. The third-order valence-corrected chi connectivity index (χ3v) is 7.39. The van der Waals surface area contributed by atoms with E-state index in [1.807, 2.05) is 6.07 Å². The van der Waals surface area contributed by atoms with Crippen LogP contribution in [0.4, 0.5) is 10.1 Å². The molecule has 0 spiro atoms. The molecule has 0 atom stereocenters. The highest BCUT2D eigenvalue weighted by Gasteiger charge is 2.22. The molecule has 3 aromatic rings. The molecule has 3 aromatic carbocycles. The van der Waals surface area contributed by atoms with E-state index in [2.05, 4.69) is 73.8 Å². The van der Waals surface area contributed by atoms with Gasteiger partial charge in [-0.15, -0.1) is 0 Å². The van der Waals surface area contributed by atoms with Crippen molar-refractivity contribution in [3.05, 3.63) is 89.2 Å². The lowest BCUT2D eigenvalue weighted by Gasteiger charge is -2.28. The van der Waals surface area contributed by atoms with Crippen LogP contribution in [0.5, 0.6) is 0 Å². The maximum atomic E-state index is 15.0. The highest BCUT2D eigenvalue weighted by molar-refractivity contribution is 5.65. The lowest BCUT2D eigenvalue weighted by atomic mass is 9.77. The minimum Gasteiger partial charge on any atom is -0.385 e. The molecular weight excluding hydrogens is 405 g/mol. The van der Waals surface area contributed by atoms with Crippen LogP contribution in [0, 0.1) is 11.7 Å². The Kier molecular flexibility index (Phi) is 8.20. The largest absolute Gasteiger partial charge is 0.385 e. The first-order valence-corrected chi connectivity index (χ1v) is 12.9. The average molecular weight is 444 g/mol. The Morgan fingerprint density at radius 3 is 2.00 bits per heavy atom. The molecule has 0 amide bonds. The van der Waals surface area contributed by atoms with Crippen LogP contribution in [-0.2, 0) is 12.8 Å². The molecule has 0 unspecified atom stereocenters. The van der Waals surface area contributed by atoms with E-state index in [0.29, 0.717) is 11.5 Å². The van der Waals surface area contributed by atoms with Crippen LogP contribution in [0.15, 0.2) is 66.7 Å². The van der Waals surface area contributed by atoms with Gasteiger partial charge in [-0.3, -0.25) is 0 Å². The fourth-order valence-electron chi connectivity index (χ4n) is 5.12. The molecule has 0 radical (unpaired) electrons. The average Bonchev–Trinajstić information content (AvgIpc) is 2.87. The number of halogens is 1. The van der Waals surface area contributed by atoms with E-state index in [4.69, 9.17) is 0 Å². The van der Waals surface area contributed by atoms with Gasteiger partial charge in [0.15, 0.2) is 0 Å². The Bertz CT molecular complexity index is 998. The SMILES string of the molecule is CCCNc1ccc(CCc2ccc(-c3ccc(C4CCC(CC)CC4)cc3F)cc2)cc1. The third-order valence-electron chi connectivity index (χ3n) is 7.39. The highest BCUT2D eigenvalue weighted by Crippen LogP contribution is 2.38. The number of hydrogen-bond donors (Lipinski definition) is 1. The fourth-order valence-corrected chi connectivity index (χ4v) is 5.12. The van der Waals surface area contributed by atoms with Crippen molar-refractivity contribution in [3.8, 4) is 11.1 Å². The molecule has 0 bridgehead atoms. The van der Waals surface area contributed by atoms with Crippen molar-refractivity contribution in [3.63, 3.8) is 0 Å². The molecule has 33 heavy (non-hydrogen) atoms. The van der Waals surface area contributed by atoms with Crippen LogP contribution >= 0.6 is 0 Å². The summed E-state index contributed by atoms with van der Waals surface area (Å²) in [7, 11) is 0. The van der Waals surface area contributed by atoms with E-state index < -0.39 is 0 Å². The number of hydrogen-bond acceptors (Lipinski definition) is 1. The molecule has 174 valence electrons. The van der Waals surface area contributed by atoms with Gasteiger partial charge in [-0.25, -0.2) is 4.39 Å². The summed E-state index contributed by atoms with van der Waals surface area (Å²) in [6.45, 7) is 5.47. The second-order valence-corrected chi connectivity index (χ2v) is 9.69. The van der Waals surface area contributed by atoms with Crippen molar-refractivity contribution >= 4 is 5.69 Å². The van der Waals surface area contributed by atoms with E-state index >= 15 is 4.39 Å². The van der Waals surface area contributed by atoms with Crippen LogP contribution in [0.1, 0.15) is 75.0 Å². The Morgan fingerprint density at radius 2 is 1.42 bits per heavy atom. The molecule has 0 saturated heterocycles. The second kappa shape index (κ2) is 11.5. The number of anilines is 1. The topological polar surface area (TPSA) is 12.0 Å². The van der Waals surface area contributed by atoms with Gasteiger partial charge in [0.1, 0.15) is 5.82 Å². The predicted octanol–water partition coefficient (Wildman–Crippen LogP) is 8.78. The molecule has 0 aromatic heterocycles. The van der Waals surface area contributed by atoms with Crippen molar-refractivity contribution in [1.29, 1.82) is 0 Å². The van der Waals surface area contributed by atoms with Crippen molar-refractivity contribution < 1.29 is 4.39 Å².